The third kappa shape index (κ3) is 3.51. The SMILES string of the molecule is COc1cccc2cc(C(=O)Nc3nc(-c4cc(Cl)ccc4Cl)cs3)oc12. The number of rotatable bonds is 4. The van der Waals surface area contributed by atoms with E-state index in [1.807, 2.05) is 12.1 Å². The van der Waals surface area contributed by atoms with Crippen molar-refractivity contribution in [2.24, 2.45) is 0 Å². The number of hydrogen-bond acceptors (Lipinski definition) is 5. The van der Waals surface area contributed by atoms with E-state index in [4.69, 9.17) is 32.4 Å². The maximum Gasteiger partial charge on any atom is 0.293 e. The van der Waals surface area contributed by atoms with Crippen molar-refractivity contribution < 1.29 is 13.9 Å². The van der Waals surface area contributed by atoms with Crippen LogP contribution in [0.3, 0.4) is 0 Å². The van der Waals surface area contributed by atoms with E-state index in [-0.39, 0.29) is 5.76 Å². The number of thiazole rings is 1. The van der Waals surface area contributed by atoms with E-state index >= 15 is 0 Å². The summed E-state index contributed by atoms with van der Waals surface area (Å²) < 4.78 is 10.9. The summed E-state index contributed by atoms with van der Waals surface area (Å²) in [6.45, 7) is 0. The van der Waals surface area contributed by atoms with Crippen molar-refractivity contribution in [3.63, 3.8) is 0 Å². The summed E-state index contributed by atoms with van der Waals surface area (Å²) in [7, 11) is 1.55. The van der Waals surface area contributed by atoms with Crippen LogP contribution >= 0.6 is 34.5 Å². The van der Waals surface area contributed by atoms with Gasteiger partial charge in [-0.05, 0) is 30.3 Å². The maximum absolute atomic E-state index is 12.5. The average molecular weight is 419 g/mol. The number of carbonyl (C=O) groups excluding carboxylic acids is 1. The third-order valence-electron chi connectivity index (χ3n) is 3.88. The summed E-state index contributed by atoms with van der Waals surface area (Å²) in [5, 5.41) is 6.84. The first-order valence-electron chi connectivity index (χ1n) is 7.84. The molecule has 2 heterocycles. The predicted octanol–water partition coefficient (Wildman–Crippen LogP) is 6.12. The summed E-state index contributed by atoms with van der Waals surface area (Å²) >= 11 is 13.5. The number of carbonyl (C=O) groups is 1. The van der Waals surface area contributed by atoms with Crippen LogP contribution < -0.4 is 10.1 Å². The number of nitrogens with one attached hydrogen (secondary N) is 1. The number of ether oxygens (including phenoxy) is 1. The largest absolute Gasteiger partial charge is 0.493 e. The second-order valence-electron chi connectivity index (χ2n) is 5.61. The number of hydrogen-bond donors (Lipinski definition) is 1. The average Bonchev–Trinajstić information content (AvgIpc) is 3.30. The van der Waals surface area contributed by atoms with Crippen LogP contribution in [0.2, 0.25) is 10.0 Å². The van der Waals surface area contributed by atoms with Crippen molar-refractivity contribution in [3.8, 4) is 17.0 Å². The molecule has 1 amide bonds. The van der Waals surface area contributed by atoms with Crippen LogP contribution in [-0.4, -0.2) is 18.0 Å². The van der Waals surface area contributed by atoms with E-state index in [0.29, 0.717) is 37.8 Å². The molecule has 0 aliphatic heterocycles. The summed E-state index contributed by atoms with van der Waals surface area (Å²) in [5.41, 5.74) is 1.86. The molecule has 0 saturated heterocycles. The minimum atomic E-state index is -0.397. The molecular formula is C19H12Cl2N2O3S. The van der Waals surface area contributed by atoms with Crippen molar-refractivity contribution in [2.45, 2.75) is 0 Å². The molecule has 136 valence electrons. The third-order valence-corrected chi connectivity index (χ3v) is 5.20. The second-order valence-corrected chi connectivity index (χ2v) is 7.31. The van der Waals surface area contributed by atoms with Crippen LogP contribution in [0.1, 0.15) is 10.6 Å². The smallest absolute Gasteiger partial charge is 0.293 e. The van der Waals surface area contributed by atoms with Crippen molar-refractivity contribution in [2.75, 3.05) is 12.4 Å². The molecule has 0 radical (unpaired) electrons. The lowest BCUT2D eigenvalue weighted by Gasteiger charge is -2.01. The predicted molar refractivity (Wildman–Crippen MR) is 108 cm³/mol. The first kappa shape index (κ1) is 17.9. The van der Waals surface area contributed by atoms with Crippen LogP contribution in [0.5, 0.6) is 5.75 Å². The van der Waals surface area contributed by atoms with Gasteiger partial charge in [-0.25, -0.2) is 4.98 Å². The molecule has 0 atom stereocenters. The van der Waals surface area contributed by atoms with E-state index in [0.717, 1.165) is 5.39 Å². The number of methoxy groups -OCH3 is 1. The van der Waals surface area contributed by atoms with Crippen LogP contribution in [0.4, 0.5) is 5.13 Å². The Kier molecular flexibility index (Phi) is 4.78. The first-order valence-corrected chi connectivity index (χ1v) is 9.47. The molecule has 27 heavy (non-hydrogen) atoms. The number of furan rings is 1. The summed E-state index contributed by atoms with van der Waals surface area (Å²) in [6, 6.07) is 12.3. The van der Waals surface area contributed by atoms with Crippen LogP contribution in [0, 0.1) is 0 Å². The Morgan fingerprint density at radius 1 is 1.22 bits per heavy atom. The molecule has 0 aliphatic carbocycles. The van der Waals surface area contributed by atoms with Gasteiger partial charge in [0.15, 0.2) is 22.2 Å². The number of para-hydroxylation sites is 1. The Hall–Kier alpha value is -2.54. The lowest BCUT2D eigenvalue weighted by Crippen LogP contribution is -2.10. The molecule has 8 heteroatoms. The number of benzene rings is 2. The Balaban J connectivity index is 1.59. The molecule has 0 fully saturated rings. The van der Waals surface area contributed by atoms with Gasteiger partial charge >= 0.3 is 0 Å². The summed E-state index contributed by atoms with van der Waals surface area (Å²) in [6.07, 6.45) is 0. The zero-order valence-electron chi connectivity index (χ0n) is 14.0. The van der Waals surface area contributed by atoms with Gasteiger partial charge in [-0.15, -0.1) is 11.3 Å². The topological polar surface area (TPSA) is 64.4 Å². The molecule has 2 aromatic carbocycles. The standard InChI is InChI=1S/C19H12Cl2N2O3S/c1-25-15-4-2-3-10-7-16(26-17(10)15)18(24)23-19-22-14(9-27-19)12-8-11(20)5-6-13(12)21/h2-9H,1H3,(H,22,23,24). The first-order chi connectivity index (χ1) is 13.0. The second kappa shape index (κ2) is 7.23. The molecule has 0 unspecified atom stereocenters. The number of amides is 1. The highest BCUT2D eigenvalue weighted by molar-refractivity contribution is 7.14. The van der Waals surface area contributed by atoms with Gasteiger partial charge in [-0.1, -0.05) is 35.3 Å². The Morgan fingerprint density at radius 3 is 2.89 bits per heavy atom. The molecule has 5 nitrogen and oxygen atoms in total. The monoisotopic (exact) mass is 418 g/mol. The molecule has 0 bridgehead atoms. The van der Waals surface area contributed by atoms with Gasteiger partial charge < -0.3 is 9.15 Å². The van der Waals surface area contributed by atoms with Crippen LogP contribution in [0.15, 0.2) is 52.3 Å². The summed E-state index contributed by atoms with van der Waals surface area (Å²) in [5.74, 6) is 0.345. The quantitative estimate of drug-likeness (QED) is 0.433. The molecule has 0 saturated carbocycles. The minimum absolute atomic E-state index is 0.173. The Bertz CT molecular complexity index is 1150. The fourth-order valence-electron chi connectivity index (χ4n) is 2.62. The number of aromatic nitrogens is 1. The van der Waals surface area contributed by atoms with Gasteiger partial charge in [0, 0.05) is 21.4 Å². The van der Waals surface area contributed by atoms with Crippen molar-refractivity contribution in [3.05, 3.63) is 63.7 Å². The highest BCUT2D eigenvalue weighted by Crippen LogP contribution is 2.33. The van der Waals surface area contributed by atoms with Crippen molar-refractivity contribution in [1.29, 1.82) is 0 Å². The van der Waals surface area contributed by atoms with E-state index in [9.17, 15) is 4.79 Å². The van der Waals surface area contributed by atoms with Gasteiger partial charge in [0.25, 0.3) is 5.91 Å². The molecule has 4 rings (SSSR count). The normalized spacial score (nSPS) is 10.9. The van der Waals surface area contributed by atoms with Crippen LogP contribution in [-0.2, 0) is 0 Å². The zero-order valence-corrected chi connectivity index (χ0v) is 16.3. The fourth-order valence-corrected chi connectivity index (χ4v) is 3.71. The minimum Gasteiger partial charge on any atom is -0.493 e. The van der Waals surface area contributed by atoms with E-state index in [2.05, 4.69) is 10.3 Å². The van der Waals surface area contributed by atoms with Crippen molar-refractivity contribution in [1.82, 2.24) is 4.98 Å². The molecule has 4 aromatic rings. The Morgan fingerprint density at radius 2 is 2.07 bits per heavy atom. The van der Waals surface area contributed by atoms with E-state index in [1.165, 1.54) is 11.3 Å². The van der Waals surface area contributed by atoms with E-state index < -0.39 is 5.91 Å². The van der Waals surface area contributed by atoms with Gasteiger partial charge in [-0.3, -0.25) is 10.1 Å². The molecular weight excluding hydrogens is 407 g/mol. The maximum atomic E-state index is 12.5. The number of anilines is 1. The number of nitrogens with zero attached hydrogens (tertiary/aromatic N) is 1. The molecule has 2 aromatic heterocycles. The molecule has 0 spiro atoms. The fraction of sp³-hybridized carbons (Fsp3) is 0.0526. The van der Waals surface area contributed by atoms with Crippen LogP contribution in [0.25, 0.3) is 22.2 Å². The highest BCUT2D eigenvalue weighted by Gasteiger charge is 2.17. The highest BCUT2D eigenvalue weighted by atomic mass is 35.5. The van der Waals surface area contributed by atoms with Gasteiger partial charge in [0.2, 0.25) is 0 Å². The van der Waals surface area contributed by atoms with Gasteiger partial charge in [-0.2, -0.15) is 0 Å². The lowest BCUT2D eigenvalue weighted by molar-refractivity contribution is 0.0998. The van der Waals surface area contributed by atoms with Crippen molar-refractivity contribution >= 4 is 56.5 Å². The molecule has 1 N–H and O–H groups in total. The summed E-state index contributed by atoms with van der Waals surface area (Å²) in [4.78, 5) is 16.9. The van der Waals surface area contributed by atoms with Gasteiger partial charge in [0.1, 0.15) is 0 Å². The number of halogens is 2. The van der Waals surface area contributed by atoms with E-state index in [1.54, 1.807) is 42.8 Å². The zero-order chi connectivity index (χ0) is 19.0. The Labute approximate surface area is 168 Å². The number of fused-ring (bicyclic) bond motifs is 1. The molecule has 0 aliphatic rings. The lowest BCUT2D eigenvalue weighted by atomic mass is 10.2. The van der Waals surface area contributed by atoms with Gasteiger partial charge in [0.05, 0.1) is 17.8 Å².